The van der Waals surface area contributed by atoms with Gasteiger partial charge in [0.2, 0.25) is 0 Å². The van der Waals surface area contributed by atoms with Gasteiger partial charge in [-0.05, 0) is 75.2 Å². The largest absolute Gasteiger partial charge is 0.465 e. The summed E-state index contributed by atoms with van der Waals surface area (Å²) in [4.78, 5) is 51.1. The number of fused-ring (bicyclic) bond motifs is 2. The van der Waals surface area contributed by atoms with Crippen molar-refractivity contribution in [3.05, 3.63) is 92.9 Å². The molecule has 234 valence electrons. The number of rotatable bonds is 10. The summed E-state index contributed by atoms with van der Waals surface area (Å²) in [5.74, 6) is -3.66. The monoisotopic (exact) mass is 622 g/mol. The summed E-state index contributed by atoms with van der Waals surface area (Å²) >= 11 is 0. The van der Waals surface area contributed by atoms with Crippen LogP contribution in [0.15, 0.2) is 54.6 Å². The molecule has 0 saturated carbocycles. The van der Waals surface area contributed by atoms with E-state index in [1.165, 1.54) is 30.3 Å². The van der Waals surface area contributed by atoms with Crippen molar-refractivity contribution in [2.45, 2.75) is 33.6 Å². The van der Waals surface area contributed by atoms with E-state index in [2.05, 4.69) is 0 Å². The molecule has 0 saturated heterocycles. The maximum Gasteiger partial charge on any atom is 0.349 e. The smallest absolute Gasteiger partial charge is 0.349 e. The number of esters is 4. The second kappa shape index (κ2) is 14.7. The fourth-order valence-corrected chi connectivity index (χ4v) is 4.93. The number of nitrogens with zero attached hydrogens (tertiary/aromatic N) is 2. The lowest BCUT2D eigenvalue weighted by molar-refractivity contribution is -0.143. The van der Waals surface area contributed by atoms with Gasteiger partial charge in [0.05, 0.1) is 43.6 Å². The van der Waals surface area contributed by atoms with Crippen LogP contribution in [0.4, 0.5) is 0 Å². The van der Waals surface area contributed by atoms with Crippen LogP contribution in [0.3, 0.4) is 0 Å². The van der Waals surface area contributed by atoms with E-state index in [1.807, 2.05) is 12.1 Å². The Morgan fingerprint density at radius 1 is 0.739 bits per heavy atom. The van der Waals surface area contributed by atoms with Gasteiger partial charge in [-0.1, -0.05) is 18.2 Å². The Hall–Kier alpha value is -5.94. The maximum atomic E-state index is 13.2. The number of carbonyl (C=O) groups excluding carboxylic acids is 4. The summed E-state index contributed by atoms with van der Waals surface area (Å²) in [6.45, 7) is 6.97. The fourth-order valence-electron chi connectivity index (χ4n) is 4.93. The van der Waals surface area contributed by atoms with Crippen LogP contribution in [0, 0.1) is 22.7 Å². The van der Waals surface area contributed by atoms with Gasteiger partial charge in [0.1, 0.15) is 23.1 Å². The molecule has 0 bridgehead atoms. The predicted octanol–water partition coefficient (Wildman–Crippen LogP) is 3.80. The van der Waals surface area contributed by atoms with Gasteiger partial charge >= 0.3 is 23.9 Å². The van der Waals surface area contributed by atoms with Crippen molar-refractivity contribution >= 4 is 35.0 Å². The van der Waals surface area contributed by atoms with Crippen molar-refractivity contribution in [1.82, 2.24) is 0 Å². The number of carbonyl (C=O) groups is 4. The molecule has 46 heavy (non-hydrogen) atoms. The van der Waals surface area contributed by atoms with E-state index in [0.29, 0.717) is 27.5 Å². The molecule has 1 heterocycles. The third-order valence-electron chi connectivity index (χ3n) is 6.91. The molecule has 3 aromatic carbocycles. The van der Waals surface area contributed by atoms with Crippen LogP contribution in [0.1, 0.15) is 71.0 Å². The van der Waals surface area contributed by atoms with Crippen molar-refractivity contribution in [3.8, 4) is 23.6 Å². The van der Waals surface area contributed by atoms with E-state index in [9.17, 15) is 29.7 Å². The summed E-state index contributed by atoms with van der Waals surface area (Å²) in [6.07, 6.45) is 0. The van der Waals surface area contributed by atoms with Gasteiger partial charge in [-0.15, -0.1) is 0 Å². The van der Waals surface area contributed by atoms with Crippen molar-refractivity contribution in [1.29, 1.82) is 10.5 Å². The van der Waals surface area contributed by atoms with Crippen molar-refractivity contribution < 1.29 is 42.9 Å². The summed E-state index contributed by atoms with van der Waals surface area (Å²) < 4.78 is 26.9. The number of ether oxygens (including phenoxy) is 5. The topological polar surface area (TPSA) is 162 Å². The van der Waals surface area contributed by atoms with Crippen LogP contribution in [0.2, 0.25) is 0 Å². The Morgan fingerprint density at radius 3 is 2.09 bits per heavy atom. The zero-order valence-electron chi connectivity index (χ0n) is 25.7. The van der Waals surface area contributed by atoms with Crippen LogP contribution in [-0.2, 0) is 28.5 Å². The maximum absolute atomic E-state index is 13.2. The summed E-state index contributed by atoms with van der Waals surface area (Å²) in [5, 5.41) is 20.2. The molecule has 0 spiro atoms. The molecule has 1 aliphatic heterocycles. The van der Waals surface area contributed by atoms with Crippen LogP contribution in [0.5, 0.6) is 11.5 Å². The number of hydrogen-bond acceptors (Lipinski definition) is 11. The van der Waals surface area contributed by atoms with Gasteiger partial charge < -0.3 is 23.7 Å². The van der Waals surface area contributed by atoms with Gasteiger partial charge in [-0.2, -0.15) is 10.5 Å². The lowest BCUT2D eigenvalue weighted by Gasteiger charge is -2.24. The van der Waals surface area contributed by atoms with E-state index < -0.39 is 29.8 Å². The minimum absolute atomic E-state index is 0.0630. The zero-order chi connectivity index (χ0) is 33.4. The van der Waals surface area contributed by atoms with Crippen molar-refractivity contribution in [2.24, 2.45) is 0 Å². The Labute approximate surface area is 264 Å². The highest BCUT2D eigenvalue weighted by Gasteiger charge is 2.29. The first-order valence-corrected chi connectivity index (χ1v) is 14.6. The summed E-state index contributed by atoms with van der Waals surface area (Å²) in [5.41, 5.74) is 1.59. The molecule has 1 aliphatic rings. The molecule has 0 radical (unpaired) electrons. The molecule has 3 aromatic rings. The predicted molar refractivity (Wildman–Crippen MR) is 163 cm³/mol. The van der Waals surface area contributed by atoms with Gasteiger partial charge in [0, 0.05) is 21.6 Å². The Bertz CT molecular complexity index is 1930. The third-order valence-corrected chi connectivity index (χ3v) is 6.91. The standard InChI is InChI=1S/C35H30N2O9/c1-5-42-32(38)22-11-12-23(33(39)43-6-2)26(15-22)31-24-13-9-20(27(18-36)34(40)44-7-3)16-29(24)46-30-17-21(10-14-25(30)31)28(19-37)35(41)45-8-4/h9-17,27H,5-8H2,1-4H3/b28-21+. The third kappa shape index (κ3) is 6.59. The minimum Gasteiger partial charge on any atom is -0.465 e. The Morgan fingerprint density at radius 2 is 1.43 bits per heavy atom. The highest BCUT2D eigenvalue weighted by Crippen LogP contribution is 2.39. The first-order chi connectivity index (χ1) is 22.2. The van der Waals surface area contributed by atoms with Gasteiger partial charge in [0.25, 0.3) is 0 Å². The minimum atomic E-state index is -1.25. The van der Waals surface area contributed by atoms with E-state index >= 15 is 0 Å². The number of hydrogen-bond donors (Lipinski definition) is 0. The van der Waals surface area contributed by atoms with Crippen LogP contribution >= 0.6 is 0 Å². The molecule has 0 N–H and O–H groups in total. The molecule has 0 aromatic heterocycles. The number of benzene rings is 3. The number of nitriles is 2. The van der Waals surface area contributed by atoms with Crippen LogP contribution < -0.4 is 15.2 Å². The van der Waals surface area contributed by atoms with E-state index in [1.54, 1.807) is 52.0 Å². The molecule has 0 amide bonds. The van der Waals surface area contributed by atoms with E-state index in [-0.39, 0.29) is 59.8 Å². The highest BCUT2D eigenvalue weighted by atomic mass is 16.5. The summed E-state index contributed by atoms with van der Waals surface area (Å²) in [6, 6.07) is 17.7. The van der Waals surface area contributed by atoms with Gasteiger partial charge in [-0.3, -0.25) is 4.79 Å². The lowest BCUT2D eigenvalue weighted by atomic mass is 9.87. The molecule has 11 heteroatoms. The first-order valence-electron chi connectivity index (χ1n) is 14.6. The zero-order valence-corrected chi connectivity index (χ0v) is 25.7. The molecular weight excluding hydrogens is 592 g/mol. The second-order valence-electron chi connectivity index (χ2n) is 9.67. The molecule has 1 unspecified atom stereocenters. The van der Waals surface area contributed by atoms with Crippen molar-refractivity contribution in [2.75, 3.05) is 26.4 Å². The molecule has 1 atom stereocenters. The van der Waals surface area contributed by atoms with Crippen LogP contribution in [0.25, 0.3) is 11.1 Å². The van der Waals surface area contributed by atoms with E-state index in [0.717, 1.165) is 0 Å². The lowest BCUT2D eigenvalue weighted by Crippen LogP contribution is -2.24. The quantitative estimate of drug-likeness (QED) is 0.187. The normalized spacial score (nSPS) is 12.5. The summed E-state index contributed by atoms with van der Waals surface area (Å²) in [7, 11) is 0. The Kier molecular flexibility index (Phi) is 10.5. The average Bonchev–Trinajstić information content (AvgIpc) is 3.04. The van der Waals surface area contributed by atoms with E-state index in [4.69, 9.17) is 23.7 Å². The molecule has 0 aliphatic carbocycles. The molecule has 4 rings (SSSR count). The Balaban J connectivity index is 2.11. The van der Waals surface area contributed by atoms with Crippen LogP contribution in [-0.4, -0.2) is 50.3 Å². The van der Waals surface area contributed by atoms with Crippen molar-refractivity contribution in [3.63, 3.8) is 0 Å². The van der Waals surface area contributed by atoms with Gasteiger partial charge in [0.15, 0.2) is 5.92 Å². The molecule has 11 nitrogen and oxygen atoms in total. The van der Waals surface area contributed by atoms with Gasteiger partial charge in [-0.25, -0.2) is 14.4 Å². The second-order valence-corrected chi connectivity index (χ2v) is 9.67. The first kappa shape index (κ1) is 33.0. The fraction of sp³-hybridized carbons (Fsp3) is 0.257. The SMILES string of the molecule is CCOC(=O)/C(C#N)=c1\ccc2c(c1)Oc1cc(C(C#N)C(=O)OCC)ccc1C=2c1cc(C(=O)OCC)ccc1C(=O)OCC. The molecule has 0 fully saturated rings. The molecular formula is C35H30N2O9. The average molecular weight is 623 g/mol. The highest BCUT2D eigenvalue weighted by molar-refractivity contribution is 6.15.